The van der Waals surface area contributed by atoms with Crippen LogP contribution in [0.1, 0.15) is 5.69 Å². The monoisotopic (exact) mass is 287 g/mol. The highest BCUT2D eigenvalue weighted by Gasteiger charge is 2.06. The maximum Gasteiger partial charge on any atom is 0.229 e. The molecule has 3 aromatic rings. The molecule has 0 radical (unpaired) electrons. The number of rotatable bonds is 3. The smallest absolute Gasteiger partial charge is 0.229 e. The largest absolute Gasteiger partial charge is 0.388 e. The number of fused-ring (bicyclic) bond motifs is 1. The van der Waals surface area contributed by atoms with Crippen molar-refractivity contribution >= 4 is 49.8 Å². The molecule has 0 fully saturated rings. The molecule has 1 aromatic carbocycles. The number of nitrogens with two attached hydrogens (primary N) is 1. The number of anilines is 2. The highest BCUT2D eigenvalue weighted by Crippen LogP contribution is 2.26. The van der Waals surface area contributed by atoms with Gasteiger partial charge >= 0.3 is 0 Å². The van der Waals surface area contributed by atoms with Gasteiger partial charge in [0.1, 0.15) is 10.7 Å². The molecule has 3 rings (SSSR count). The Morgan fingerprint density at radius 3 is 2.84 bits per heavy atom. The summed E-state index contributed by atoms with van der Waals surface area (Å²) in [5.41, 5.74) is 7.02. The van der Waals surface area contributed by atoms with E-state index in [2.05, 4.69) is 20.3 Å². The van der Waals surface area contributed by atoms with Crippen molar-refractivity contribution < 1.29 is 0 Å². The van der Waals surface area contributed by atoms with E-state index in [4.69, 9.17) is 18.0 Å². The van der Waals surface area contributed by atoms with Gasteiger partial charge in [0.15, 0.2) is 5.13 Å². The fraction of sp³-hybridized carbons (Fsp3) is 0. The van der Waals surface area contributed by atoms with Crippen LogP contribution >= 0.6 is 23.6 Å². The van der Waals surface area contributed by atoms with Crippen molar-refractivity contribution in [3.63, 3.8) is 0 Å². The van der Waals surface area contributed by atoms with Crippen LogP contribution in [-0.4, -0.2) is 19.9 Å². The molecule has 7 heteroatoms. The second-order valence-electron chi connectivity index (χ2n) is 3.74. The number of benzene rings is 1. The zero-order valence-corrected chi connectivity index (χ0v) is 11.3. The minimum Gasteiger partial charge on any atom is -0.388 e. The van der Waals surface area contributed by atoms with E-state index < -0.39 is 0 Å². The topological polar surface area (TPSA) is 76.7 Å². The first-order chi connectivity index (χ1) is 9.22. The molecule has 0 aliphatic rings. The average Bonchev–Trinajstić information content (AvgIpc) is 2.81. The number of para-hydroxylation sites is 1. The number of hydrogen-bond donors (Lipinski definition) is 2. The van der Waals surface area contributed by atoms with Gasteiger partial charge in [-0.2, -0.15) is 0 Å². The van der Waals surface area contributed by atoms with Crippen molar-refractivity contribution in [2.45, 2.75) is 0 Å². The second kappa shape index (κ2) is 4.87. The summed E-state index contributed by atoms with van der Waals surface area (Å²) < 4.78 is 1.11. The maximum absolute atomic E-state index is 5.54. The van der Waals surface area contributed by atoms with Crippen molar-refractivity contribution in [1.82, 2.24) is 15.0 Å². The van der Waals surface area contributed by atoms with Crippen LogP contribution in [-0.2, 0) is 0 Å². The van der Waals surface area contributed by atoms with Gasteiger partial charge in [-0.1, -0.05) is 35.7 Å². The van der Waals surface area contributed by atoms with E-state index in [1.165, 1.54) is 0 Å². The Morgan fingerprint density at radius 2 is 2.05 bits per heavy atom. The molecular formula is C12H9N5S2. The molecule has 0 bridgehead atoms. The van der Waals surface area contributed by atoms with Crippen molar-refractivity contribution in [1.29, 1.82) is 0 Å². The number of nitrogens with one attached hydrogen (secondary N) is 1. The third kappa shape index (κ3) is 2.51. The molecule has 2 aromatic heterocycles. The fourth-order valence-corrected chi connectivity index (χ4v) is 2.55. The van der Waals surface area contributed by atoms with E-state index in [1.807, 2.05) is 24.3 Å². The molecular weight excluding hydrogens is 278 g/mol. The lowest BCUT2D eigenvalue weighted by Crippen LogP contribution is -2.12. The highest BCUT2D eigenvalue weighted by atomic mass is 32.1. The molecule has 0 aliphatic carbocycles. The van der Waals surface area contributed by atoms with E-state index in [-0.39, 0.29) is 4.99 Å². The lowest BCUT2D eigenvalue weighted by molar-refractivity contribution is 1.15. The molecule has 2 heterocycles. The molecule has 19 heavy (non-hydrogen) atoms. The predicted molar refractivity (Wildman–Crippen MR) is 80.8 cm³/mol. The van der Waals surface area contributed by atoms with Crippen molar-refractivity contribution in [3.05, 3.63) is 42.2 Å². The zero-order chi connectivity index (χ0) is 13.2. The minimum absolute atomic E-state index is 0.245. The van der Waals surface area contributed by atoms with Crippen LogP contribution < -0.4 is 11.1 Å². The second-order valence-corrected chi connectivity index (χ2v) is 5.21. The van der Waals surface area contributed by atoms with Crippen LogP contribution in [0.25, 0.3) is 10.2 Å². The fourth-order valence-electron chi connectivity index (χ4n) is 1.58. The Bertz CT molecular complexity index is 719. The van der Waals surface area contributed by atoms with Crippen LogP contribution in [0.5, 0.6) is 0 Å². The first-order valence-corrected chi connectivity index (χ1v) is 6.70. The maximum atomic E-state index is 5.54. The van der Waals surface area contributed by atoms with Gasteiger partial charge < -0.3 is 5.73 Å². The van der Waals surface area contributed by atoms with Crippen molar-refractivity contribution in [2.75, 3.05) is 5.32 Å². The standard InChI is InChI=1S/C12H9N5S2/c13-10(18)8-5-6-14-11(15-8)17-12-16-7-3-1-2-4-9(7)19-12/h1-6H,(H2,13,18)(H,14,15,16,17). The van der Waals surface area contributed by atoms with Crippen LogP contribution in [0, 0.1) is 0 Å². The molecule has 0 unspecified atom stereocenters. The third-order valence-corrected chi connectivity index (χ3v) is 3.58. The Balaban J connectivity index is 1.92. The summed E-state index contributed by atoms with van der Waals surface area (Å²) in [5.74, 6) is 0.435. The summed E-state index contributed by atoms with van der Waals surface area (Å²) in [6.07, 6.45) is 1.61. The number of thiocarbonyl (C=S) groups is 1. The normalized spacial score (nSPS) is 10.5. The van der Waals surface area contributed by atoms with Gasteiger partial charge in [0.05, 0.1) is 10.2 Å². The Kier molecular flexibility index (Phi) is 3.06. The Morgan fingerprint density at radius 1 is 1.21 bits per heavy atom. The predicted octanol–water partition coefficient (Wildman–Crippen LogP) is 2.46. The zero-order valence-electron chi connectivity index (χ0n) is 9.70. The van der Waals surface area contributed by atoms with E-state index in [1.54, 1.807) is 23.6 Å². The van der Waals surface area contributed by atoms with E-state index in [0.717, 1.165) is 15.3 Å². The van der Waals surface area contributed by atoms with Crippen molar-refractivity contribution in [3.8, 4) is 0 Å². The molecule has 0 atom stereocenters. The number of hydrogen-bond acceptors (Lipinski definition) is 6. The first-order valence-electron chi connectivity index (χ1n) is 5.48. The van der Waals surface area contributed by atoms with E-state index in [0.29, 0.717) is 11.6 Å². The van der Waals surface area contributed by atoms with Gasteiger partial charge in [-0.15, -0.1) is 0 Å². The minimum atomic E-state index is 0.245. The molecule has 94 valence electrons. The van der Waals surface area contributed by atoms with Gasteiger partial charge in [0.2, 0.25) is 5.95 Å². The molecule has 0 saturated heterocycles. The summed E-state index contributed by atoms with van der Waals surface area (Å²) in [5, 5.41) is 3.80. The van der Waals surface area contributed by atoms with Crippen LogP contribution in [0.4, 0.5) is 11.1 Å². The van der Waals surface area contributed by atoms with Gasteiger partial charge in [0, 0.05) is 6.20 Å². The van der Waals surface area contributed by atoms with E-state index in [9.17, 15) is 0 Å². The SMILES string of the molecule is NC(=S)c1ccnc(Nc2nc3ccccc3s2)n1. The van der Waals surface area contributed by atoms with Gasteiger partial charge in [-0.05, 0) is 18.2 Å². The summed E-state index contributed by atoms with van der Waals surface area (Å²) >= 11 is 6.43. The average molecular weight is 287 g/mol. The lowest BCUT2D eigenvalue weighted by atomic mass is 10.3. The highest BCUT2D eigenvalue weighted by molar-refractivity contribution is 7.80. The Hall–Kier alpha value is -2.12. The summed E-state index contributed by atoms with van der Waals surface area (Å²) in [6, 6.07) is 9.59. The molecule has 0 saturated carbocycles. The molecule has 0 spiro atoms. The van der Waals surface area contributed by atoms with Gasteiger partial charge in [-0.25, -0.2) is 15.0 Å². The molecule has 3 N–H and O–H groups in total. The Labute approximate surface area is 118 Å². The summed E-state index contributed by atoms with van der Waals surface area (Å²) in [7, 11) is 0. The lowest BCUT2D eigenvalue weighted by Gasteiger charge is -2.02. The quantitative estimate of drug-likeness (QED) is 0.721. The van der Waals surface area contributed by atoms with Crippen LogP contribution in [0.15, 0.2) is 36.5 Å². The molecule has 0 amide bonds. The van der Waals surface area contributed by atoms with Gasteiger partial charge in [-0.3, -0.25) is 5.32 Å². The molecule has 0 aliphatic heterocycles. The van der Waals surface area contributed by atoms with Gasteiger partial charge in [0.25, 0.3) is 0 Å². The first kappa shape index (κ1) is 11.9. The number of aromatic nitrogens is 3. The number of nitrogens with zero attached hydrogens (tertiary/aromatic N) is 3. The number of thiazole rings is 1. The summed E-state index contributed by atoms with van der Waals surface area (Å²) in [4.78, 5) is 13.0. The third-order valence-electron chi connectivity index (χ3n) is 2.42. The van der Waals surface area contributed by atoms with Crippen molar-refractivity contribution in [2.24, 2.45) is 5.73 Å². The summed E-state index contributed by atoms with van der Waals surface area (Å²) in [6.45, 7) is 0. The molecule has 5 nitrogen and oxygen atoms in total. The van der Waals surface area contributed by atoms with E-state index >= 15 is 0 Å². The van der Waals surface area contributed by atoms with Crippen LogP contribution in [0.2, 0.25) is 0 Å². The van der Waals surface area contributed by atoms with Crippen LogP contribution in [0.3, 0.4) is 0 Å².